The van der Waals surface area contributed by atoms with Crippen LogP contribution in [0.5, 0.6) is 0 Å². The molecule has 0 aliphatic heterocycles. The number of amides is 1. The molecule has 0 saturated carbocycles. The Balaban J connectivity index is 2.42. The molecule has 0 radical (unpaired) electrons. The second kappa shape index (κ2) is 7.07. The number of benzene rings is 1. The number of hydrogen-bond donors (Lipinski definition) is 0. The number of rotatable bonds is 6. The van der Waals surface area contributed by atoms with E-state index in [0.29, 0.717) is 0 Å². The van der Waals surface area contributed by atoms with E-state index in [1.807, 2.05) is 37.2 Å². The summed E-state index contributed by atoms with van der Waals surface area (Å²) < 4.78 is 0. The van der Waals surface area contributed by atoms with E-state index in [1.165, 1.54) is 5.56 Å². The molecule has 0 aliphatic rings. The van der Waals surface area contributed by atoms with Crippen molar-refractivity contribution >= 4 is 5.91 Å². The van der Waals surface area contributed by atoms with E-state index in [9.17, 15) is 4.79 Å². The lowest BCUT2D eigenvalue weighted by molar-refractivity contribution is -0.128. The molecule has 0 bridgehead atoms. The molecule has 0 N–H and O–H groups in total. The largest absolute Gasteiger partial charge is 0.341 e. The highest BCUT2D eigenvalue weighted by Gasteiger charge is 2.08. The molecular formula is C14H22N2O. The smallest absolute Gasteiger partial charge is 0.219 e. The molecule has 17 heavy (non-hydrogen) atoms. The summed E-state index contributed by atoms with van der Waals surface area (Å²) in [4.78, 5) is 15.5. The van der Waals surface area contributed by atoms with Gasteiger partial charge >= 0.3 is 0 Å². The molecular weight excluding hydrogens is 212 g/mol. The van der Waals surface area contributed by atoms with Crippen molar-refractivity contribution in [1.82, 2.24) is 9.80 Å². The average molecular weight is 234 g/mol. The van der Waals surface area contributed by atoms with Crippen molar-refractivity contribution in [2.75, 3.05) is 33.7 Å². The maximum atomic E-state index is 11.5. The summed E-state index contributed by atoms with van der Waals surface area (Å²) in [6.07, 6.45) is 0.924. The fraction of sp³-hybridized carbons (Fsp3) is 0.500. The third-order valence-electron chi connectivity index (χ3n) is 2.78. The van der Waals surface area contributed by atoms with Gasteiger partial charge in [-0.25, -0.2) is 0 Å². The van der Waals surface area contributed by atoms with Gasteiger partial charge in [0.15, 0.2) is 0 Å². The van der Waals surface area contributed by atoms with Gasteiger partial charge in [-0.1, -0.05) is 30.3 Å². The Hall–Kier alpha value is -1.35. The molecule has 94 valence electrons. The zero-order valence-electron chi connectivity index (χ0n) is 11.0. The van der Waals surface area contributed by atoms with Gasteiger partial charge in [-0.05, 0) is 26.1 Å². The van der Waals surface area contributed by atoms with Crippen molar-refractivity contribution in [3.05, 3.63) is 35.9 Å². The molecule has 3 nitrogen and oxygen atoms in total. The Bertz CT molecular complexity index is 335. The molecule has 0 atom stereocenters. The number of hydrogen-bond acceptors (Lipinski definition) is 2. The van der Waals surface area contributed by atoms with Crippen molar-refractivity contribution in [3.8, 4) is 0 Å². The summed E-state index contributed by atoms with van der Waals surface area (Å²) in [6.45, 7) is 4.15. The normalized spacial score (nSPS) is 10.6. The highest BCUT2D eigenvalue weighted by atomic mass is 16.2. The predicted octanol–water partition coefficient (Wildman–Crippen LogP) is 1.64. The van der Waals surface area contributed by atoms with Crippen molar-refractivity contribution < 1.29 is 4.79 Å². The average Bonchev–Trinajstić information content (AvgIpc) is 2.29. The maximum absolute atomic E-state index is 11.5. The standard InChI is InChI=1S/C14H22N2O/c1-13(17)16(12-11-15(2)3)10-9-14-7-5-4-6-8-14/h4-8H,9-12H2,1-3H3. The second-order valence-corrected chi connectivity index (χ2v) is 4.54. The van der Waals surface area contributed by atoms with Gasteiger partial charge in [0, 0.05) is 26.6 Å². The monoisotopic (exact) mass is 234 g/mol. The van der Waals surface area contributed by atoms with Crippen LogP contribution in [-0.4, -0.2) is 49.4 Å². The van der Waals surface area contributed by atoms with Crippen molar-refractivity contribution in [3.63, 3.8) is 0 Å². The zero-order chi connectivity index (χ0) is 12.7. The first-order valence-electron chi connectivity index (χ1n) is 6.04. The third kappa shape index (κ3) is 5.50. The Morgan fingerprint density at radius 1 is 1.06 bits per heavy atom. The first-order chi connectivity index (χ1) is 8.09. The van der Waals surface area contributed by atoms with Gasteiger partial charge in [0.2, 0.25) is 5.91 Å². The zero-order valence-corrected chi connectivity index (χ0v) is 11.0. The van der Waals surface area contributed by atoms with Gasteiger partial charge in [-0.3, -0.25) is 4.79 Å². The molecule has 1 aromatic carbocycles. The molecule has 1 amide bonds. The first-order valence-corrected chi connectivity index (χ1v) is 6.04. The van der Waals surface area contributed by atoms with Crippen molar-refractivity contribution in [2.24, 2.45) is 0 Å². The molecule has 0 unspecified atom stereocenters. The minimum absolute atomic E-state index is 0.155. The van der Waals surface area contributed by atoms with Crippen LogP contribution in [0, 0.1) is 0 Å². The predicted molar refractivity (Wildman–Crippen MR) is 71.0 cm³/mol. The van der Waals surface area contributed by atoms with Crippen LogP contribution in [0.15, 0.2) is 30.3 Å². The lowest BCUT2D eigenvalue weighted by atomic mass is 10.1. The van der Waals surface area contributed by atoms with E-state index in [2.05, 4.69) is 17.0 Å². The Morgan fingerprint density at radius 2 is 1.71 bits per heavy atom. The van der Waals surface area contributed by atoms with E-state index >= 15 is 0 Å². The highest BCUT2D eigenvalue weighted by Crippen LogP contribution is 2.02. The number of carbonyl (C=O) groups excluding carboxylic acids is 1. The van der Waals surface area contributed by atoms with Crippen LogP contribution in [0.4, 0.5) is 0 Å². The Kier molecular flexibility index (Phi) is 5.70. The first kappa shape index (κ1) is 13.7. The molecule has 1 rings (SSSR count). The van der Waals surface area contributed by atoms with Gasteiger partial charge in [-0.2, -0.15) is 0 Å². The number of carbonyl (C=O) groups is 1. The fourth-order valence-electron chi connectivity index (χ4n) is 1.66. The Morgan fingerprint density at radius 3 is 2.24 bits per heavy atom. The minimum Gasteiger partial charge on any atom is -0.341 e. The van der Waals surface area contributed by atoms with E-state index in [-0.39, 0.29) is 5.91 Å². The van der Waals surface area contributed by atoms with Crippen LogP contribution < -0.4 is 0 Å². The fourth-order valence-corrected chi connectivity index (χ4v) is 1.66. The lowest BCUT2D eigenvalue weighted by Gasteiger charge is -2.23. The number of likely N-dealkylation sites (N-methyl/N-ethyl adjacent to an activating group) is 1. The molecule has 0 spiro atoms. The molecule has 0 aliphatic carbocycles. The second-order valence-electron chi connectivity index (χ2n) is 4.54. The summed E-state index contributed by atoms with van der Waals surface area (Å²) in [6, 6.07) is 10.3. The van der Waals surface area contributed by atoms with E-state index < -0.39 is 0 Å². The summed E-state index contributed by atoms with van der Waals surface area (Å²) >= 11 is 0. The van der Waals surface area contributed by atoms with E-state index in [1.54, 1.807) is 6.92 Å². The lowest BCUT2D eigenvalue weighted by Crippen LogP contribution is -2.36. The van der Waals surface area contributed by atoms with Crippen LogP contribution in [0.2, 0.25) is 0 Å². The number of nitrogens with zero attached hydrogens (tertiary/aromatic N) is 2. The topological polar surface area (TPSA) is 23.6 Å². The molecule has 0 heterocycles. The molecule has 0 saturated heterocycles. The van der Waals surface area contributed by atoms with E-state index in [4.69, 9.17) is 0 Å². The molecule has 1 aromatic rings. The van der Waals surface area contributed by atoms with Gasteiger partial charge < -0.3 is 9.80 Å². The molecule has 3 heteroatoms. The quantitative estimate of drug-likeness (QED) is 0.747. The highest BCUT2D eigenvalue weighted by molar-refractivity contribution is 5.73. The van der Waals surface area contributed by atoms with Crippen LogP contribution in [0.1, 0.15) is 12.5 Å². The summed E-state index contributed by atoms with van der Waals surface area (Å²) in [5, 5.41) is 0. The van der Waals surface area contributed by atoms with Crippen molar-refractivity contribution in [1.29, 1.82) is 0 Å². The minimum atomic E-state index is 0.155. The van der Waals surface area contributed by atoms with Crippen LogP contribution in [-0.2, 0) is 11.2 Å². The maximum Gasteiger partial charge on any atom is 0.219 e. The summed E-state index contributed by atoms with van der Waals surface area (Å²) in [5.74, 6) is 0.155. The SMILES string of the molecule is CC(=O)N(CCc1ccccc1)CCN(C)C. The van der Waals surface area contributed by atoms with Crippen LogP contribution in [0.25, 0.3) is 0 Å². The van der Waals surface area contributed by atoms with Gasteiger partial charge in [0.05, 0.1) is 0 Å². The third-order valence-corrected chi connectivity index (χ3v) is 2.78. The molecule has 0 fully saturated rings. The molecule has 0 aromatic heterocycles. The summed E-state index contributed by atoms with van der Waals surface area (Å²) in [7, 11) is 4.05. The van der Waals surface area contributed by atoms with Crippen LogP contribution in [0.3, 0.4) is 0 Å². The van der Waals surface area contributed by atoms with Gasteiger partial charge in [-0.15, -0.1) is 0 Å². The van der Waals surface area contributed by atoms with Gasteiger partial charge in [0.25, 0.3) is 0 Å². The summed E-state index contributed by atoms with van der Waals surface area (Å²) in [5.41, 5.74) is 1.28. The van der Waals surface area contributed by atoms with E-state index in [0.717, 1.165) is 26.1 Å². The van der Waals surface area contributed by atoms with Gasteiger partial charge in [0.1, 0.15) is 0 Å². The Labute approximate surface area is 104 Å². The van der Waals surface area contributed by atoms with Crippen molar-refractivity contribution in [2.45, 2.75) is 13.3 Å². The van der Waals surface area contributed by atoms with Crippen LogP contribution >= 0.6 is 0 Å².